The van der Waals surface area contributed by atoms with Crippen molar-refractivity contribution in [1.29, 1.82) is 0 Å². The topological polar surface area (TPSA) is 45.2 Å². The van der Waals surface area contributed by atoms with Gasteiger partial charge in [-0.15, -0.1) is 23.1 Å². The van der Waals surface area contributed by atoms with E-state index in [1.54, 1.807) is 11.8 Å². The highest BCUT2D eigenvalue weighted by Gasteiger charge is 2.21. The van der Waals surface area contributed by atoms with Gasteiger partial charge in [0.1, 0.15) is 5.03 Å². The fourth-order valence-electron chi connectivity index (χ4n) is 2.74. The van der Waals surface area contributed by atoms with Crippen LogP contribution in [0.15, 0.2) is 65.8 Å². The maximum Gasteiger partial charge on any atom is 0.261 e. The molecule has 126 valence electrons. The normalized spacial score (nSPS) is 13.4. The van der Waals surface area contributed by atoms with Crippen LogP contribution in [0, 0.1) is 0 Å². The van der Waals surface area contributed by atoms with Gasteiger partial charge < -0.3 is 10.2 Å². The van der Waals surface area contributed by atoms with Crippen molar-refractivity contribution in [2.75, 3.05) is 17.2 Å². The summed E-state index contributed by atoms with van der Waals surface area (Å²) in [6.45, 7) is 1.47. The van der Waals surface area contributed by atoms with Gasteiger partial charge in [0, 0.05) is 25.0 Å². The first-order valence-electron chi connectivity index (χ1n) is 8.08. The maximum atomic E-state index is 12.4. The van der Waals surface area contributed by atoms with Gasteiger partial charge in [0.05, 0.1) is 15.6 Å². The summed E-state index contributed by atoms with van der Waals surface area (Å²) in [4.78, 5) is 19.8. The van der Waals surface area contributed by atoms with E-state index in [0.29, 0.717) is 6.54 Å². The number of nitrogens with zero attached hydrogens (tertiary/aromatic N) is 2. The number of nitrogens with one attached hydrogen (secondary N) is 1. The van der Waals surface area contributed by atoms with E-state index in [0.717, 1.165) is 38.5 Å². The maximum absolute atomic E-state index is 12.4. The van der Waals surface area contributed by atoms with Crippen LogP contribution in [-0.4, -0.2) is 23.2 Å². The molecule has 2 aromatic heterocycles. The third-order valence-electron chi connectivity index (χ3n) is 3.97. The fraction of sp³-hybridized carbons (Fsp3) is 0.158. The molecule has 4 rings (SSSR count). The van der Waals surface area contributed by atoms with E-state index in [-0.39, 0.29) is 5.91 Å². The van der Waals surface area contributed by atoms with E-state index in [1.807, 2.05) is 54.7 Å². The number of anilines is 2. The Balaban J connectivity index is 1.48. The molecule has 1 aliphatic rings. The van der Waals surface area contributed by atoms with Gasteiger partial charge in [-0.1, -0.05) is 30.3 Å². The lowest BCUT2D eigenvalue weighted by Gasteiger charge is -2.28. The Morgan fingerprint density at radius 2 is 2.00 bits per heavy atom. The smallest absolute Gasteiger partial charge is 0.261 e. The van der Waals surface area contributed by atoms with Crippen LogP contribution >= 0.6 is 23.1 Å². The first-order chi connectivity index (χ1) is 12.3. The predicted octanol–water partition coefficient (Wildman–Crippen LogP) is 4.32. The van der Waals surface area contributed by atoms with Crippen LogP contribution in [0.1, 0.15) is 15.2 Å². The van der Waals surface area contributed by atoms with Gasteiger partial charge in [-0.2, -0.15) is 0 Å². The number of benzene rings is 1. The lowest BCUT2D eigenvalue weighted by atomic mass is 10.2. The van der Waals surface area contributed by atoms with Crippen molar-refractivity contribution < 1.29 is 4.79 Å². The number of carbonyl (C=O) groups excluding carboxylic acids is 1. The van der Waals surface area contributed by atoms with Crippen molar-refractivity contribution in [3.05, 3.63) is 71.2 Å². The monoisotopic (exact) mass is 367 g/mol. The summed E-state index contributed by atoms with van der Waals surface area (Å²) >= 11 is 3.30. The second kappa shape index (κ2) is 7.29. The van der Waals surface area contributed by atoms with Crippen molar-refractivity contribution >= 4 is 39.7 Å². The van der Waals surface area contributed by atoms with Crippen molar-refractivity contribution in [2.24, 2.45) is 0 Å². The quantitative estimate of drug-likeness (QED) is 0.746. The zero-order valence-corrected chi connectivity index (χ0v) is 15.1. The van der Waals surface area contributed by atoms with Gasteiger partial charge in [0.15, 0.2) is 0 Å². The van der Waals surface area contributed by atoms with Crippen LogP contribution in [0.4, 0.5) is 10.7 Å². The number of fused-ring (bicyclic) bond motifs is 1. The fourth-order valence-corrected chi connectivity index (χ4v) is 4.63. The number of carbonyl (C=O) groups is 1. The Morgan fingerprint density at radius 3 is 2.88 bits per heavy atom. The molecule has 1 aliphatic heterocycles. The number of rotatable bonds is 4. The van der Waals surface area contributed by atoms with Gasteiger partial charge in [-0.05, 0) is 29.8 Å². The van der Waals surface area contributed by atoms with Crippen LogP contribution in [0.5, 0.6) is 0 Å². The molecule has 0 saturated heterocycles. The number of hydrogen-bond donors (Lipinski definition) is 1. The molecule has 6 heteroatoms. The average Bonchev–Trinajstić information content (AvgIpc) is 3.16. The number of thiophene rings is 1. The van der Waals surface area contributed by atoms with E-state index in [9.17, 15) is 4.79 Å². The number of pyridine rings is 1. The van der Waals surface area contributed by atoms with Gasteiger partial charge in [-0.3, -0.25) is 4.79 Å². The zero-order chi connectivity index (χ0) is 17.1. The number of amides is 1. The second-order valence-electron chi connectivity index (χ2n) is 5.63. The zero-order valence-electron chi connectivity index (χ0n) is 13.5. The number of hydrogen-bond acceptors (Lipinski definition) is 5. The minimum atomic E-state index is -0.0297. The molecule has 1 N–H and O–H groups in total. The van der Waals surface area contributed by atoms with E-state index in [1.165, 1.54) is 11.3 Å². The molecular weight excluding hydrogens is 350 g/mol. The van der Waals surface area contributed by atoms with Gasteiger partial charge in [0.2, 0.25) is 0 Å². The Hall–Kier alpha value is -2.31. The summed E-state index contributed by atoms with van der Waals surface area (Å²) in [5, 5.41) is 5.12. The third-order valence-corrected chi connectivity index (χ3v) is 6.05. The Kier molecular flexibility index (Phi) is 4.72. The minimum absolute atomic E-state index is 0.0297. The summed E-state index contributed by atoms with van der Waals surface area (Å²) in [6.07, 6.45) is 1.83. The molecule has 1 amide bonds. The highest BCUT2D eigenvalue weighted by atomic mass is 32.2. The van der Waals surface area contributed by atoms with Crippen LogP contribution < -0.4 is 10.2 Å². The molecule has 3 aromatic rings. The predicted molar refractivity (Wildman–Crippen MR) is 104 cm³/mol. The number of thioether (sulfide) groups is 1. The van der Waals surface area contributed by atoms with Gasteiger partial charge >= 0.3 is 0 Å². The Labute approximate surface area is 154 Å². The van der Waals surface area contributed by atoms with Crippen molar-refractivity contribution in [1.82, 2.24) is 10.3 Å². The molecule has 25 heavy (non-hydrogen) atoms. The third kappa shape index (κ3) is 3.55. The SMILES string of the molecule is O=C(NCc1ccccc1)c1ccc(N2CCSc3ncccc32)s1. The summed E-state index contributed by atoms with van der Waals surface area (Å²) in [6, 6.07) is 17.9. The van der Waals surface area contributed by atoms with Gasteiger partial charge in [-0.25, -0.2) is 4.98 Å². The first kappa shape index (κ1) is 16.2. The van der Waals surface area contributed by atoms with Crippen molar-refractivity contribution in [3.63, 3.8) is 0 Å². The van der Waals surface area contributed by atoms with Crippen LogP contribution in [0.3, 0.4) is 0 Å². The van der Waals surface area contributed by atoms with Crippen LogP contribution in [0.25, 0.3) is 0 Å². The highest BCUT2D eigenvalue weighted by Crippen LogP contribution is 2.39. The summed E-state index contributed by atoms with van der Waals surface area (Å²) < 4.78 is 0. The molecule has 0 fully saturated rings. The van der Waals surface area contributed by atoms with E-state index >= 15 is 0 Å². The van der Waals surface area contributed by atoms with E-state index in [2.05, 4.69) is 21.3 Å². The molecule has 3 heterocycles. The standard InChI is InChI=1S/C19H17N3OS2/c23-18(21-13-14-5-2-1-3-6-14)16-8-9-17(25-16)22-11-12-24-19-15(22)7-4-10-20-19/h1-10H,11-13H2,(H,21,23). The molecule has 0 bridgehead atoms. The van der Waals surface area contributed by atoms with Gasteiger partial charge in [0.25, 0.3) is 5.91 Å². The highest BCUT2D eigenvalue weighted by molar-refractivity contribution is 7.99. The number of aromatic nitrogens is 1. The van der Waals surface area contributed by atoms with E-state index in [4.69, 9.17) is 0 Å². The molecule has 0 radical (unpaired) electrons. The minimum Gasteiger partial charge on any atom is -0.347 e. The lowest BCUT2D eigenvalue weighted by molar-refractivity contribution is 0.0955. The summed E-state index contributed by atoms with van der Waals surface area (Å²) in [5.41, 5.74) is 2.22. The molecule has 1 aromatic carbocycles. The average molecular weight is 367 g/mol. The molecular formula is C19H17N3OS2. The first-order valence-corrected chi connectivity index (χ1v) is 9.89. The molecule has 4 nitrogen and oxygen atoms in total. The molecule has 0 unspecified atom stereocenters. The van der Waals surface area contributed by atoms with E-state index < -0.39 is 0 Å². The molecule has 0 atom stereocenters. The second-order valence-corrected chi connectivity index (χ2v) is 7.78. The Morgan fingerprint density at radius 1 is 1.12 bits per heavy atom. The molecule has 0 saturated carbocycles. The van der Waals surface area contributed by atoms with Crippen LogP contribution in [-0.2, 0) is 6.54 Å². The largest absolute Gasteiger partial charge is 0.347 e. The Bertz CT molecular complexity index is 879. The molecule has 0 aliphatic carbocycles. The summed E-state index contributed by atoms with van der Waals surface area (Å²) in [5.74, 6) is 0.968. The van der Waals surface area contributed by atoms with Crippen LogP contribution in [0.2, 0.25) is 0 Å². The lowest BCUT2D eigenvalue weighted by Crippen LogP contribution is -2.23. The van der Waals surface area contributed by atoms with Crippen molar-refractivity contribution in [2.45, 2.75) is 11.6 Å². The van der Waals surface area contributed by atoms with Crippen molar-refractivity contribution in [3.8, 4) is 0 Å². The summed E-state index contributed by atoms with van der Waals surface area (Å²) in [7, 11) is 0. The molecule has 0 spiro atoms.